The van der Waals surface area contributed by atoms with E-state index in [1.54, 1.807) is 19.1 Å². The fourth-order valence-electron chi connectivity index (χ4n) is 1.81. The number of esters is 1. The molecule has 6 nitrogen and oxygen atoms in total. The van der Waals surface area contributed by atoms with Gasteiger partial charge in [0.2, 0.25) is 0 Å². The van der Waals surface area contributed by atoms with Crippen LogP contribution < -0.4 is 0 Å². The molecule has 1 heterocycles. The highest BCUT2D eigenvalue weighted by Crippen LogP contribution is 2.25. The van der Waals surface area contributed by atoms with Gasteiger partial charge in [0, 0.05) is 12.1 Å². The molecule has 1 aromatic carbocycles. The van der Waals surface area contributed by atoms with Crippen LogP contribution in [0.4, 0.5) is 5.69 Å². The fourth-order valence-corrected chi connectivity index (χ4v) is 2.60. The topological polar surface area (TPSA) is 86.5 Å². The van der Waals surface area contributed by atoms with Crippen molar-refractivity contribution in [1.29, 1.82) is 0 Å². The molecule has 0 aliphatic heterocycles. The van der Waals surface area contributed by atoms with Crippen LogP contribution in [0.25, 0.3) is 0 Å². The number of hydrogen-bond acceptors (Lipinski definition) is 6. The Morgan fingerprint density at radius 1 is 1.23 bits per heavy atom. The molecule has 2 aromatic rings. The molecule has 0 bridgehead atoms. The fraction of sp³-hybridized carbons (Fsp3) is 0.200. The third kappa shape index (κ3) is 3.56. The van der Waals surface area contributed by atoms with Gasteiger partial charge < -0.3 is 4.74 Å². The Morgan fingerprint density at radius 3 is 2.50 bits per heavy atom. The van der Waals surface area contributed by atoms with E-state index < -0.39 is 17.0 Å². The molecule has 1 atom stereocenters. The van der Waals surface area contributed by atoms with Crippen LogP contribution in [0, 0.1) is 10.1 Å². The van der Waals surface area contributed by atoms with Crippen LogP contribution in [0.15, 0.2) is 36.4 Å². The van der Waals surface area contributed by atoms with Gasteiger partial charge >= 0.3 is 5.97 Å². The van der Waals surface area contributed by atoms with E-state index in [2.05, 4.69) is 0 Å². The van der Waals surface area contributed by atoms with Gasteiger partial charge in [-0.3, -0.25) is 14.9 Å². The molecule has 0 amide bonds. The lowest BCUT2D eigenvalue weighted by Gasteiger charge is -2.12. The van der Waals surface area contributed by atoms with Crippen molar-refractivity contribution in [2.24, 2.45) is 0 Å². The zero-order chi connectivity index (χ0) is 16.3. The Hall–Kier alpha value is -2.54. The lowest BCUT2D eigenvalue weighted by atomic mass is 10.1. The lowest BCUT2D eigenvalue weighted by Crippen LogP contribution is -2.08. The molecule has 7 heteroatoms. The van der Waals surface area contributed by atoms with Gasteiger partial charge in [-0.1, -0.05) is 12.1 Å². The molecule has 0 radical (unpaired) electrons. The second-order valence-electron chi connectivity index (χ2n) is 4.62. The third-order valence-electron chi connectivity index (χ3n) is 2.99. The average Bonchev–Trinajstić information content (AvgIpc) is 2.97. The van der Waals surface area contributed by atoms with E-state index in [1.165, 1.54) is 31.2 Å². The van der Waals surface area contributed by atoms with E-state index in [0.29, 0.717) is 15.3 Å². The van der Waals surface area contributed by atoms with E-state index >= 15 is 0 Å². The minimum Gasteiger partial charge on any atom is -0.454 e. The van der Waals surface area contributed by atoms with Crippen molar-refractivity contribution in [2.75, 3.05) is 0 Å². The van der Waals surface area contributed by atoms with E-state index in [4.69, 9.17) is 4.74 Å². The molecule has 0 saturated heterocycles. The molecule has 114 valence electrons. The van der Waals surface area contributed by atoms with Crippen molar-refractivity contribution in [3.8, 4) is 0 Å². The molecule has 0 aliphatic carbocycles. The Kier molecular flexibility index (Phi) is 4.67. The van der Waals surface area contributed by atoms with Crippen LogP contribution >= 0.6 is 11.3 Å². The summed E-state index contributed by atoms with van der Waals surface area (Å²) in [4.78, 5) is 34.3. The Bertz CT molecular complexity index is 737. The molecule has 0 fully saturated rings. The quantitative estimate of drug-likeness (QED) is 0.362. The van der Waals surface area contributed by atoms with E-state index in [9.17, 15) is 19.7 Å². The van der Waals surface area contributed by atoms with Crippen molar-refractivity contribution in [2.45, 2.75) is 20.0 Å². The van der Waals surface area contributed by atoms with Crippen LogP contribution in [-0.4, -0.2) is 16.7 Å². The summed E-state index contributed by atoms with van der Waals surface area (Å²) < 4.78 is 5.29. The van der Waals surface area contributed by atoms with Crippen LogP contribution in [0.1, 0.15) is 44.9 Å². The maximum atomic E-state index is 12.0. The second-order valence-corrected chi connectivity index (χ2v) is 5.70. The van der Waals surface area contributed by atoms with Gasteiger partial charge in [0.1, 0.15) is 11.0 Å². The van der Waals surface area contributed by atoms with E-state index in [0.717, 1.165) is 11.3 Å². The number of thiophene rings is 1. The number of nitrogens with zero attached hydrogens (tertiary/aromatic N) is 1. The molecular formula is C15H13NO5S. The minimum atomic E-state index is -0.629. The number of carbonyl (C=O) groups excluding carboxylic acids is 2. The van der Waals surface area contributed by atoms with Crippen LogP contribution in [0.5, 0.6) is 0 Å². The van der Waals surface area contributed by atoms with Gasteiger partial charge in [-0.25, -0.2) is 4.79 Å². The first-order chi connectivity index (χ1) is 10.4. The summed E-state index contributed by atoms with van der Waals surface area (Å²) in [5, 5.41) is 10.8. The maximum Gasteiger partial charge on any atom is 0.348 e. The zero-order valence-corrected chi connectivity index (χ0v) is 12.8. The Morgan fingerprint density at radius 2 is 1.91 bits per heavy atom. The summed E-state index contributed by atoms with van der Waals surface area (Å²) in [5.41, 5.74) is 0.473. The van der Waals surface area contributed by atoms with Gasteiger partial charge in [0.05, 0.1) is 9.80 Å². The number of nitro benzene ring substituents is 1. The smallest absolute Gasteiger partial charge is 0.348 e. The lowest BCUT2D eigenvalue weighted by molar-refractivity contribution is -0.385. The van der Waals surface area contributed by atoms with Crippen LogP contribution in [0.3, 0.4) is 0 Å². The number of non-ortho nitro benzene ring substituents is 1. The predicted octanol–water partition coefficient (Wildman–Crippen LogP) is 3.78. The van der Waals surface area contributed by atoms with Crippen LogP contribution in [0.2, 0.25) is 0 Å². The van der Waals surface area contributed by atoms with Gasteiger partial charge in [-0.15, -0.1) is 11.3 Å². The molecule has 0 N–H and O–H groups in total. The highest BCUT2D eigenvalue weighted by atomic mass is 32.1. The Labute approximate surface area is 130 Å². The largest absolute Gasteiger partial charge is 0.454 e. The molecular weight excluding hydrogens is 306 g/mol. The van der Waals surface area contributed by atoms with Crippen molar-refractivity contribution in [3.63, 3.8) is 0 Å². The summed E-state index contributed by atoms with van der Waals surface area (Å²) >= 11 is 1.06. The number of nitro groups is 1. The molecule has 0 spiro atoms. The monoisotopic (exact) mass is 319 g/mol. The van der Waals surface area contributed by atoms with E-state index in [1.807, 2.05) is 0 Å². The molecule has 0 aliphatic rings. The SMILES string of the molecule is CC(=O)c1ccc(C(=O)O[C@H](C)c2cccc([N+](=O)[O-])c2)s1. The summed E-state index contributed by atoms with van der Waals surface area (Å²) in [6, 6.07) is 9.03. The summed E-state index contributed by atoms with van der Waals surface area (Å²) in [6.45, 7) is 3.06. The summed E-state index contributed by atoms with van der Waals surface area (Å²) in [6.07, 6.45) is -0.629. The van der Waals surface area contributed by atoms with Gasteiger partial charge in [-0.2, -0.15) is 0 Å². The molecule has 2 rings (SSSR count). The van der Waals surface area contributed by atoms with Crippen molar-refractivity contribution < 1.29 is 19.2 Å². The molecule has 1 aromatic heterocycles. The number of rotatable bonds is 5. The minimum absolute atomic E-state index is 0.0598. The van der Waals surface area contributed by atoms with Crippen molar-refractivity contribution in [1.82, 2.24) is 0 Å². The van der Waals surface area contributed by atoms with Gasteiger partial charge in [-0.05, 0) is 31.5 Å². The number of carbonyl (C=O) groups is 2. The predicted molar refractivity (Wildman–Crippen MR) is 81.3 cm³/mol. The molecule has 0 unspecified atom stereocenters. The highest BCUT2D eigenvalue weighted by Gasteiger charge is 2.18. The number of ether oxygens (including phenoxy) is 1. The van der Waals surface area contributed by atoms with Gasteiger partial charge in [0.15, 0.2) is 5.78 Å². The number of hydrogen-bond donors (Lipinski definition) is 0. The molecule has 0 saturated carbocycles. The summed E-state index contributed by atoms with van der Waals surface area (Å²) in [5.74, 6) is -0.674. The van der Waals surface area contributed by atoms with Crippen molar-refractivity contribution >= 4 is 28.8 Å². The first kappa shape index (κ1) is 15.8. The third-order valence-corrected chi connectivity index (χ3v) is 4.15. The first-order valence-corrected chi connectivity index (χ1v) is 7.26. The number of Topliss-reactive ketones (excluding diaryl/α,β-unsaturated/α-hetero) is 1. The van der Waals surface area contributed by atoms with Crippen molar-refractivity contribution in [3.05, 3.63) is 61.8 Å². The highest BCUT2D eigenvalue weighted by molar-refractivity contribution is 7.15. The zero-order valence-electron chi connectivity index (χ0n) is 11.9. The Balaban J connectivity index is 2.12. The van der Waals surface area contributed by atoms with Crippen LogP contribution in [-0.2, 0) is 4.74 Å². The average molecular weight is 319 g/mol. The van der Waals surface area contributed by atoms with Gasteiger partial charge in [0.25, 0.3) is 5.69 Å². The van der Waals surface area contributed by atoms with E-state index in [-0.39, 0.29) is 11.5 Å². The normalized spacial score (nSPS) is 11.7. The first-order valence-electron chi connectivity index (χ1n) is 6.44. The number of ketones is 1. The summed E-state index contributed by atoms with van der Waals surface area (Å²) in [7, 11) is 0. The number of benzene rings is 1. The second kappa shape index (κ2) is 6.48. The molecule has 22 heavy (non-hydrogen) atoms. The maximum absolute atomic E-state index is 12.0. The standard InChI is InChI=1S/C15H13NO5S/c1-9(17)13-6-7-14(22-13)15(18)21-10(2)11-4-3-5-12(8-11)16(19)20/h3-8,10H,1-2H3/t10-/m1/s1.